The molecule has 0 saturated carbocycles. The van der Waals surface area contributed by atoms with Crippen molar-refractivity contribution in [3.8, 4) is 16.8 Å². The van der Waals surface area contributed by atoms with Gasteiger partial charge in [0, 0.05) is 50.0 Å². The van der Waals surface area contributed by atoms with Gasteiger partial charge in [-0.05, 0) is 113 Å². The number of hydrogen-bond acceptors (Lipinski definition) is 3. The summed E-state index contributed by atoms with van der Waals surface area (Å²) in [6.45, 7) is 0. The number of aromatic nitrogens is 1. The molecule has 10 aromatic carbocycles. The molecule has 0 bridgehead atoms. The number of rotatable bonds is 8. The second-order valence-electron chi connectivity index (χ2n) is 15.7. The number of anilines is 6. The van der Waals surface area contributed by atoms with E-state index in [2.05, 4.69) is 251 Å². The summed E-state index contributed by atoms with van der Waals surface area (Å²) in [5.41, 5.74) is 13.8. The van der Waals surface area contributed by atoms with Crippen molar-refractivity contribution in [1.29, 1.82) is 0 Å². The van der Waals surface area contributed by atoms with E-state index in [1.165, 1.54) is 27.3 Å². The maximum atomic E-state index is 6.52. The minimum absolute atomic E-state index is 0.863. The van der Waals surface area contributed by atoms with Crippen LogP contribution in [0.1, 0.15) is 0 Å². The SMILES string of the molecule is c1ccc(-c2cccc(-n3c4ccccc4c4c(N(c5ccccc5)c5ccccc5)cc(N(c5ccccc5)c5ccc6oc7ccc8ccccc8c7c6c5)cc43)c2)cc1. The Kier molecular flexibility index (Phi) is 8.46. The van der Waals surface area contributed by atoms with Crippen molar-refractivity contribution < 1.29 is 4.42 Å². The number of nitrogens with zero attached hydrogens (tertiary/aromatic N) is 3. The van der Waals surface area contributed by atoms with Crippen LogP contribution in [0, 0.1) is 0 Å². The molecule has 12 aromatic rings. The third kappa shape index (κ3) is 5.92. The van der Waals surface area contributed by atoms with Crippen molar-refractivity contribution >= 4 is 88.6 Å². The first kappa shape index (κ1) is 35.6. The second-order valence-corrected chi connectivity index (χ2v) is 15.7. The van der Waals surface area contributed by atoms with Crippen LogP contribution >= 0.6 is 0 Å². The number of furan rings is 1. The molecular weight excluding hydrogens is 755 g/mol. The smallest absolute Gasteiger partial charge is 0.136 e. The summed E-state index contributed by atoms with van der Waals surface area (Å²) in [7, 11) is 0. The molecular formula is C58H39N3O. The predicted molar refractivity (Wildman–Crippen MR) is 260 cm³/mol. The Morgan fingerprint density at radius 2 is 0.919 bits per heavy atom. The summed E-state index contributed by atoms with van der Waals surface area (Å²) >= 11 is 0. The Morgan fingerprint density at radius 1 is 0.323 bits per heavy atom. The van der Waals surface area contributed by atoms with Gasteiger partial charge in [0.05, 0.1) is 22.4 Å². The van der Waals surface area contributed by atoms with Crippen LogP contribution in [0.25, 0.3) is 71.3 Å². The van der Waals surface area contributed by atoms with E-state index < -0.39 is 0 Å². The fraction of sp³-hybridized carbons (Fsp3) is 0. The highest BCUT2D eigenvalue weighted by atomic mass is 16.3. The number of hydrogen-bond donors (Lipinski definition) is 0. The molecule has 0 N–H and O–H groups in total. The highest BCUT2D eigenvalue weighted by molar-refractivity contribution is 6.20. The van der Waals surface area contributed by atoms with Gasteiger partial charge in [-0.2, -0.15) is 0 Å². The molecule has 0 aliphatic carbocycles. The normalized spacial score (nSPS) is 11.5. The maximum Gasteiger partial charge on any atom is 0.136 e. The second kappa shape index (κ2) is 14.7. The summed E-state index contributed by atoms with van der Waals surface area (Å²) in [6.07, 6.45) is 0. The number of para-hydroxylation sites is 4. The van der Waals surface area contributed by atoms with Crippen LogP contribution in [-0.4, -0.2) is 4.57 Å². The zero-order valence-electron chi connectivity index (χ0n) is 33.8. The summed E-state index contributed by atoms with van der Waals surface area (Å²) in [4.78, 5) is 4.80. The van der Waals surface area contributed by atoms with Gasteiger partial charge in [-0.3, -0.25) is 0 Å². The first-order valence-corrected chi connectivity index (χ1v) is 21.1. The predicted octanol–water partition coefficient (Wildman–Crippen LogP) is 16.4. The molecule has 292 valence electrons. The first-order valence-electron chi connectivity index (χ1n) is 21.1. The molecule has 2 heterocycles. The van der Waals surface area contributed by atoms with Gasteiger partial charge in [0.1, 0.15) is 11.2 Å². The van der Waals surface area contributed by atoms with Crippen molar-refractivity contribution in [3.63, 3.8) is 0 Å². The van der Waals surface area contributed by atoms with Crippen LogP contribution in [0.15, 0.2) is 241 Å². The van der Waals surface area contributed by atoms with Crippen LogP contribution < -0.4 is 9.80 Å². The van der Waals surface area contributed by atoms with Crippen molar-refractivity contribution in [2.24, 2.45) is 0 Å². The van der Waals surface area contributed by atoms with Gasteiger partial charge < -0.3 is 18.8 Å². The Morgan fingerprint density at radius 3 is 1.65 bits per heavy atom. The minimum Gasteiger partial charge on any atom is -0.456 e. The quantitative estimate of drug-likeness (QED) is 0.153. The van der Waals surface area contributed by atoms with Crippen LogP contribution in [0.3, 0.4) is 0 Å². The molecule has 0 spiro atoms. The average molecular weight is 794 g/mol. The van der Waals surface area contributed by atoms with Crippen LogP contribution in [0.5, 0.6) is 0 Å². The van der Waals surface area contributed by atoms with E-state index in [0.29, 0.717) is 0 Å². The molecule has 62 heavy (non-hydrogen) atoms. The fourth-order valence-electron chi connectivity index (χ4n) is 9.38. The van der Waals surface area contributed by atoms with Crippen LogP contribution in [0.4, 0.5) is 34.1 Å². The zero-order chi connectivity index (χ0) is 41.0. The molecule has 0 atom stereocenters. The van der Waals surface area contributed by atoms with Crippen LogP contribution in [-0.2, 0) is 0 Å². The van der Waals surface area contributed by atoms with Crippen molar-refractivity contribution in [2.75, 3.05) is 9.80 Å². The summed E-state index contributed by atoms with van der Waals surface area (Å²) < 4.78 is 8.97. The lowest BCUT2D eigenvalue weighted by molar-refractivity contribution is 0.669. The maximum absolute atomic E-state index is 6.52. The molecule has 2 aromatic heterocycles. The standard InChI is InChI=1S/C58H39N3O/c1-5-18-40(19-6-1)42-21-17-28-46(36-42)61-52-31-16-15-30-50(52)58-53(60(44-24-9-3-10-25-44)45-26-11-4-12-27-45)38-48(39-54(58)61)59(43-22-7-2-8-23-43)47-33-35-55-51(37-47)57-49-29-14-13-20-41(49)32-34-56(57)62-55/h1-39H. The van der Waals surface area contributed by atoms with E-state index in [4.69, 9.17) is 4.42 Å². The summed E-state index contributed by atoms with van der Waals surface area (Å²) in [5, 5.41) is 6.92. The van der Waals surface area contributed by atoms with Gasteiger partial charge >= 0.3 is 0 Å². The van der Waals surface area contributed by atoms with E-state index in [9.17, 15) is 0 Å². The number of fused-ring (bicyclic) bond motifs is 8. The van der Waals surface area contributed by atoms with Gasteiger partial charge in [0.25, 0.3) is 0 Å². The lowest BCUT2D eigenvalue weighted by Crippen LogP contribution is -2.14. The Labute approximate surface area is 359 Å². The molecule has 0 aliphatic heterocycles. The third-order valence-corrected chi connectivity index (χ3v) is 12.1. The fourth-order valence-corrected chi connectivity index (χ4v) is 9.38. The Bertz CT molecular complexity index is 3540. The Hall–Kier alpha value is -8.34. The van der Waals surface area contributed by atoms with E-state index in [-0.39, 0.29) is 0 Å². The zero-order valence-corrected chi connectivity index (χ0v) is 33.8. The molecule has 0 radical (unpaired) electrons. The van der Waals surface area contributed by atoms with E-state index in [1.807, 2.05) is 0 Å². The lowest BCUT2D eigenvalue weighted by Gasteiger charge is -2.30. The highest BCUT2D eigenvalue weighted by Gasteiger charge is 2.25. The topological polar surface area (TPSA) is 24.6 Å². The molecule has 0 saturated heterocycles. The van der Waals surface area contributed by atoms with Crippen molar-refractivity contribution in [3.05, 3.63) is 237 Å². The van der Waals surface area contributed by atoms with Gasteiger partial charge in [-0.25, -0.2) is 0 Å². The summed E-state index contributed by atoms with van der Waals surface area (Å²) in [5.74, 6) is 0. The molecule has 0 fully saturated rings. The average Bonchev–Trinajstić information content (AvgIpc) is 3.89. The van der Waals surface area contributed by atoms with E-state index >= 15 is 0 Å². The van der Waals surface area contributed by atoms with Gasteiger partial charge in [-0.15, -0.1) is 0 Å². The molecule has 0 unspecified atom stereocenters. The Balaban J connectivity index is 1.19. The molecule has 0 aliphatic rings. The van der Waals surface area contributed by atoms with Crippen molar-refractivity contribution in [1.82, 2.24) is 4.57 Å². The van der Waals surface area contributed by atoms with Gasteiger partial charge in [0.15, 0.2) is 0 Å². The third-order valence-electron chi connectivity index (χ3n) is 12.1. The molecule has 12 rings (SSSR count). The molecule has 4 nitrogen and oxygen atoms in total. The largest absolute Gasteiger partial charge is 0.456 e. The molecule has 4 heteroatoms. The van der Waals surface area contributed by atoms with Crippen LogP contribution in [0.2, 0.25) is 0 Å². The van der Waals surface area contributed by atoms with E-state index in [1.54, 1.807) is 0 Å². The van der Waals surface area contributed by atoms with Gasteiger partial charge in [-0.1, -0.05) is 146 Å². The van der Waals surface area contributed by atoms with Gasteiger partial charge in [0.2, 0.25) is 0 Å². The first-order chi connectivity index (χ1) is 30.8. The van der Waals surface area contributed by atoms with Crippen molar-refractivity contribution in [2.45, 2.75) is 0 Å². The monoisotopic (exact) mass is 793 g/mol. The minimum atomic E-state index is 0.863. The summed E-state index contributed by atoms with van der Waals surface area (Å²) in [6, 6.07) is 84.7. The van der Waals surface area contributed by atoms with E-state index in [0.717, 1.165) is 78.2 Å². The number of benzene rings is 10. The lowest BCUT2D eigenvalue weighted by atomic mass is 10.0. The highest BCUT2D eigenvalue weighted by Crippen LogP contribution is 2.49. The molecule has 0 amide bonds.